The number of pyridine rings is 1. The standard InChI is InChI=1S/C19H25N3O2/c1-21(13-15-5-4-7-20-12-15)16-6-8-22(14-16)17-9-18(23-2)11-19(10-17)24-3/h4-5,7,9-12,16H,6,8,13-14H2,1-3H3. The molecular weight excluding hydrogens is 302 g/mol. The highest BCUT2D eigenvalue weighted by molar-refractivity contribution is 5.56. The molecule has 0 spiro atoms. The molecule has 1 unspecified atom stereocenters. The maximum absolute atomic E-state index is 5.39. The van der Waals surface area contributed by atoms with Gasteiger partial charge in [-0.1, -0.05) is 6.07 Å². The van der Waals surface area contributed by atoms with Gasteiger partial charge in [0.2, 0.25) is 0 Å². The van der Waals surface area contributed by atoms with E-state index in [9.17, 15) is 0 Å². The van der Waals surface area contributed by atoms with Gasteiger partial charge < -0.3 is 14.4 Å². The molecule has 24 heavy (non-hydrogen) atoms. The van der Waals surface area contributed by atoms with Gasteiger partial charge in [0.05, 0.1) is 14.2 Å². The van der Waals surface area contributed by atoms with Gasteiger partial charge in [-0.2, -0.15) is 0 Å². The minimum absolute atomic E-state index is 0.530. The number of benzene rings is 1. The lowest BCUT2D eigenvalue weighted by atomic mass is 10.2. The fourth-order valence-electron chi connectivity index (χ4n) is 3.22. The van der Waals surface area contributed by atoms with Gasteiger partial charge in [-0.3, -0.25) is 9.88 Å². The first-order valence-corrected chi connectivity index (χ1v) is 8.26. The molecule has 0 aliphatic carbocycles. The van der Waals surface area contributed by atoms with Crippen molar-refractivity contribution < 1.29 is 9.47 Å². The molecule has 1 aromatic heterocycles. The Labute approximate surface area is 143 Å². The second-order valence-corrected chi connectivity index (χ2v) is 6.24. The van der Waals surface area contributed by atoms with Gasteiger partial charge in [-0.25, -0.2) is 0 Å². The lowest BCUT2D eigenvalue weighted by Gasteiger charge is -2.25. The molecule has 1 aliphatic heterocycles. The van der Waals surface area contributed by atoms with Crippen LogP contribution in [0.1, 0.15) is 12.0 Å². The maximum Gasteiger partial charge on any atom is 0.124 e. The van der Waals surface area contributed by atoms with E-state index in [0.717, 1.165) is 43.2 Å². The van der Waals surface area contributed by atoms with Crippen LogP contribution in [0.2, 0.25) is 0 Å². The van der Waals surface area contributed by atoms with Crippen molar-refractivity contribution in [3.05, 3.63) is 48.3 Å². The fraction of sp³-hybridized carbons (Fsp3) is 0.421. The van der Waals surface area contributed by atoms with Crippen LogP contribution in [0.4, 0.5) is 5.69 Å². The second-order valence-electron chi connectivity index (χ2n) is 6.24. The predicted molar refractivity (Wildman–Crippen MR) is 95.9 cm³/mol. The molecule has 2 aromatic rings. The first kappa shape index (κ1) is 16.6. The maximum atomic E-state index is 5.39. The van der Waals surface area contributed by atoms with Gasteiger partial charge in [-0.05, 0) is 25.1 Å². The second kappa shape index (κ2) is 7.53. The SMILES string of the molecule is COc1cc(OC)cc(N2CCC(N(C)Cc3cccnc3)C2)c1. The Morgan fingerprint density at radius 1 is 1.21 bits per heavy atom. The molecule has 2 heterocycles. The number of aromatic nitrogens is 1. The fourth-order valence-corrected chi connectivity index (χ4v) is 3.22. The Bertz CT molecular complexity index is 641. The molecule has 1 aliphatic rings. The van der Waals surface area contributed by atoms with E-state index in [-0.39, 0.29) is 0 Å². The Morgan fingerprint density at radius 3 is 2.58 bits per heavy atom. The van der Waals surface area contributed by atoms with E-state index in [1.807, 2.05) is 24.5 Å². The van der Waals surface area contributed by atoms with Crippen LogP contribution >= 0.6 is 0 Å². The van der Waals surface area contributed by atoms with Gasteiger partial charge >= 0.3 is 0 Å². The average molecular weight is 327 g/mol. The highest BCUT2D eigenvalue weighted by Crippen LogP contribution is 2.31. The van der Waals surface area contributed by atoms with Crippen molar-refractivity contribution in [2.24, 2.45) is 0 Å². The topological polar surface area (TPSA) is 37.8 Å². The third-order valence-electron chi connectivity index (χ3n) is 4.64. The lowest BCUT2D eigenvalue weighted by molar-refractivity contribution is 0.250. The van der Waals surface area contributed by atoms with Crippen LogP contribution in [-0.4, -0.2) is 50.3 Å². The van der Waals surface area contributed by atoms with Crippen LogP contribution in [0.3, 0.4) is 0 Å². The van der Waals surface area contributed by atoms with Gasteiger partial charge in [0, 0.05) is 62.0 Å². The van der Waals surface area contributed by atoms with Crippen molar-refractivity contribution in [2.45, 2.75) is 19.0 Å². The molecule has 0 bridgehead atoms. The molecule has 1 atom stereocenters. The number of anilines is 1. The number of nitrogens with zero attached hydrogens (tertiary/aromatic N) is 3. The summed E-state index contributed by atoms with van der Waals surface area (Å²) in [6.45, 7) is 2.97. The summed E-state index contributed by atoms with van der Waals surface area (Å²) in [5, 5.41) is 0. The minimum atomic E-state index is 0.530. The van der Waals surface area contributed by atoms with Crippen LogP contribution in [0, 0.1) is 0 Å². The number of rotatable bonds is 6. The van der Waals surface area contributed by atoms with Crippen molar-refractivity contribution in [1.29, 1.82) is 0 Å². The molecule has 1 saturated heterocycles. The number of hydrogen-bond acceptors (Lipinski definition) is 5. The smallest absolute Gasteiger partial charge is 0.124 e. The van der Waals surface area contributed by atoms with Crippen LogP contribution in [0.5, 0.6) is 11.5 Å². The quantitative estimate of drug-likeness (QED) is 0.816. The highest BCUT2D eigenvalue weighted by atomic mass is 16.5. The summed E-state index contributed by atoms with van der Waals surface area (Å²) in [5.74, 6) is 1.66. The van der Waals surface area contributed by atoms with Crippen LogP contribution in [0.15, 0.2) is 42.7 Å². The van der Waals surface area contributed by atoms with E-state index in [4.69, 9.17) is 9.47 Å². The zero-order chi connectivity index (χ0) is 16.9. The number of ether oxygens (including phenoxy) is 2. The summed E-state index contributed by atoms with van der Waals surface area (Å²) in [6.07, 6.45) is 4.91. The molecule has 0 amide bonds. The molecule has 5 heteroatoms. The zero-order valence-corrected chi connectivity index (χ0v) is 14.6. The van der Waals surface area contributed by atoms with Crippen molar-refractivity contribution in [3.63, 3.8) is 0 Å². The van der Waals surface area contributed by atoms with Gasteiger partial charge in [0.25, 0.3) is 0 Å². The summed E-state index contributed by atoms with van der Waals surface area (Å²) in [7, 11) is 5.56. The van der Waals surface area contributed by atoms with Crippen molar-refractivity contribution in [2.75, 3.05) is 39.3 Å². The molecule has 0 N–H and O–H groups in total. The van der Waals surface area contributed by atoms with Gasteiger partial charge in [0.15, 0.2) is 0 Å². The van der Waals surface area contributed by atoms with E-state index in [2.05, 4.69) is 40.0 Å². The van der Waals surface area contributed by atoms with E-state index >= 15 is 0 Å². The number of likely N-dealkylation sites (N-methyl/N-ethyl adjacent to an activating group) is 1. The average Bonchev–Trinajstić information content (AvgIpc) is 3.12. The molecule has 3 rings (SSSR count). The van der Waals surface area contributed by atoms with Crippen LogP contribution in [-0.2, 0) is 6.54 Å². The first-order valence-electron chi connectivity index (χ1n) is 8.26. The van der Waals surface area contributed by atoms with Crippen LogP contribution in [0.25, 0.3) is 0 Å². The van der Waals surface area contributed by atoms with E-state index < -0.39 is 0 Å². The van der Waals surface area contributed by atoms with Gasteiger partial charge in [0.1, 0.15) is 11.5 Å². The van der Waals surface area contributed by atoms with E-state index in [1.54, 1.807) is 14.2 Å². The highest BCUT2D eigenvalue weighted by Gasteiger charge is 2.26. The van der Waals surface area contributed by atoms with Crippen molar-refractivity contribution in [1.82, 2.24) is 9.88 Å². The molecular formula is C19H25N3O2. The normalized spacial score (nSPS) is 17.3. The molecule has 128 valence electrons. The van der Waals surface area contributed by atoms with Crippen molar-refractivity contribution >= 4 is 5.69 Å². The third kappa shape index (κ3) is 3.79. The Morgan fingerprint density at radius 2 is 1.96 bits per heavy atom. The monoisotopic (exact) mass is 327 g/mol. The Balaban J connectivity index is 1.66. The summed E-state index contributed by atoms with van der Waals surface area (Å²) in [6, 6.07) is 10.7. The lowest BCUT2D eigenvalue weighted by Crippen LogP contribution is -2.34. The Kier molecular flexibility index (Phi) is 5.20. The summed E-state index contributed by atoms with van der Waals surface area (Å²) in [4.78, 5) is 9.01. The molecule has 0 radical (unpaired) electrons. The summed E-state index contributed by atoms with van der Waals surface area (Å²) in [5.41, 5.74) is 2.41. The van der Waals surface area contributed by atoms with Crippen LogP contribution < -0.4 is 14.4 Å². The molecule has 1 fully saturated rings. The summed E-state index contributed by atoms with van der Waals surface area (Å²) >= 11 is 0. The zero-order valence-electron chi connectivity index (χ0n) is 14.6. The van der Waals surface area contributed by atoms with Gasteiger partial charge in [-0.15, -0.1) is 0 Å². The van der Waals surface area contributed by atoms with E-state index in [1.165, 1.54) is 5.56 Å². The number of hydrogen-bond donors (Lipinski definition) is 0. The number of methoxy groups -OCH3 is 2. The first-order chi connectivity index (χ1) is 11.7. The molecule has 5 nitrogen and oxygen atoms in total. The minimum Gasteiger partial charge on any atom is -0.497 e. The molecule has 0 saturated carbocycles. The van der Waals surface area contributed by atoms with E-state index in [0.29, 0.717) is 6.04 Å². The largest absolute Gasteiger partial charge is 0.497 e. The predicted octanol–water partition coefficient (Wildman–Crippen LogP) is 2.81. The Hall–Kier alpha value is -2.27. The summed E-state index contributed by atoms with van der Waals surface area (Å²) < 4.78 is 10.8. The molecule has 1 aromatic carbocycles. The third-order valence-corrected chi connectivity index (χ3v) is 4.64. The van der Waals surface area contributed by atoms with Crippen molar-refractivity contribution in [3.8, 4) is 11.5 Å².